The van der Waals surface area contributed by atoms with Gasteiger partial charge in [0.05, 0.1) is 24.1 Å². The molecule has 6 nitrogen and oxygen atoms in total. The summed E-state index contributed by atoms with van der Waals surface area (Å²) in [6, 6.07) is 23.3. The zero-order valence-electron chi connectivity index (χ0n) is 15.7. The number of methoxy groups -OCH3 is 1. The van der Waals surface area contributed by atoms with E-state index < -0.39 is 4.92 Å². The van der Waals surface area contributed by atoms with E-state index in [0.29, 0.717) is 12.3 Å². The van der Waals surface area contributed by atoms with Crippen LogP contribution in [-0.4, -0.2) is 16.6 Å². The Morgan fingerprint density at radius 1 is 0.966 bits per heavy atom. The molecular weight excluding hydrogens is 368 g/mol. The van der Waals surface area contributed by atoms with Gasteiger partial charge in [-0.25, -0.2) is 0 Å². The van der Waals surface area contributed by atoms with E-state index in [9.17, 15) is 14.9 Å². The van der Waals surface area contributed by atoms with Crippen LogP contribution in [0.3, 0.4) is 0 Å². The minimum Gasteiger partial charge on any atom is -0.497 e. The molecule has 0 fully saturated rings. The van der Waals surface area contributed by atoms with Crippen molar-refractivity contribution in [1.29, 1.82) is 0 Å². The molecule has 0 saturated carbocycles. The lowest BCUT2D eigenvalue weighted by Crippen LogP contribution is -2.21. The molecule has 1 aromatic heterocycles. The number of nitro groups is 1. The minimum atomic E-state index is -0.440. The van der Waals surface area contributed by atoms with E-state index in [0.717, 1.165) is 27.6 Å². The van der Waals surface area contributed by atoms with Crippen molar-refractivity contribution in [2.24, 2.45) is 0 Å². The summed E-state index contributed by atoms with van der Waals surface area (Å²) in [5, 5.41) is 11.8. The van der Waals surface area contributed by atoms with Gasteiger partial charge >= 0.3 is 0 Å². The monoisotopic (exact) mass is 386 g/mol. The highest BCUT2D eigenvalue weighted by atomic mass is 16.6. The Labute approximate surface area is 166 Å². The number of fused-ring (bicyclic) bond motifs is 1. The van der Waals surface area contributed by atoms with Crippen LogP contribution < -0.4 is 10.3 Å². The molecule has 144 valence electrons. The van der Waals surface area contributed by atoms with E-state index in [1.54, 1.807) is 29.9 Å². The highest BCUT2D eigenvalue weighted by molar-refractivity contribution is 5.95. The Morgan fingerprint density at radius 3 is 2.34 bits per heavy atom. The molecule has 0 aliphatic rings. The summed E-state index contributed by atoms with van der Waals surface area (Å²) in [6.07, 6.45) is 0. The molecule has 0 radical (unpaired) electrons. The van der Waals surface area contributed by atoms with E-state index >= 15 is 0 Å². The van der Waals surface area contributed by atoms with Gasteiger partial charge in [0.2, 0.25) is 0 Å². The van der Waals surface area contributed by atoms with Gasteiger partial charge in [0.25, 0.3) is 11.2 Å². The van der Waals surface area contributed by atoms with Gasteiger partial charge in [0, 0.05) is 29.7 Å². The van der Waals surface area contributed by atoms with E-state index in [-0.39, 0.29) is 11.2 Å². The molecule has 0 amide bonds. The smallest absolute Gasteiger partial charge is 0.269 e. The molecule has 0 atom stereocenters. The van der Waals surface area contributed by atoms with Crippen LogP contribution in [0.5, 0.6) is 5.75 Å². The largest absolute Gasteiger partial charge is 0.497 e. The Bertz CT molecular complexity index is 1250. The fourth-order valence-corrected chi connectivity index (χ4v) is 3.41. The fraction of sp³-hybridized carbons (Fsp3) is 0.0870. The Hall–Kier alpha value is -3.93. The zero-order chi connectivity index (χ0) is 20.4. The van der Waals surface area contributed by atoms with Gasteiger partial charge in [0.15, 0.2) is 0 Å². The second-order valence-corrected chi connectivity index (χ2v) is 6.66. The molecule has 3 aromatic carbocycles. The second kappa shape index (κ2) is 7.59. The molecule has 0 N–H and O–H groups in total. The molecule has 1 heterocycles. The van der Waals surface area contributed by atoms with Crippen molar-refractivity contribution in [3.8, 4) is 16.9 Å². The standard InChI is InChI=1S/C23H18N2O4/c1-29-19-11-12-20-21(17-5-3-2-4-6-17)14-23(26)24(22(20)13-19)15-16-7-9-18(10-8-16)25(27)28/h2-14H,15H2,1H3. The summed E-state index contributed by atoms with van der Waals surface area (Å²) in [5.41, 5.74) is 3.23. The van der Waals surface area contributed by atoms with Gasteiger partial charge in [-0.2, -0.15) is 0 Å². The molecule has 4 rings (SSSR count). The van der Waals surface area contributed by atoms with Gasteiger partial charge in [0.1, 0.15) is 5.75 Å². The van der Waals surface area contributed by atoms with Gasteiger partial charge in [-0.3, -0.25) is 14.9 Å². The van der Waals surface area contributed by atoms with E-state index in [4.69, 9.17) is 4.74 Å². The van der Waals surface area contributed by atoms with Crippen molar-refractivity contribution in [3.05, 3.63) is 105 Å². The van der Waals surface area contributed by atoms with Crippen molar-refractivity contribution in [3.63, 3.8) is 0 Å². The van der Waals surface area contributed by atoms with Crippen LogP contribution in [0.4, 0.5) is 5.69 Å². The lowest BCUT2D eigenvalue weighted by atomic mass is 10.0. The van der Waals surface area contributed by atoms with Gasteiger partial charge in [-0.15, -0.1) is 0 Å². The fourth-order valence-electron chi connectivity index (χ4n) is 3.41. The van der Waals surface area contributed by atoms with Crippen molar-refractivity contribution in [2.75, 3.05) is 7.11 Å². The Balaban J connectivity index is 1.88. The summed E-state index contributed by atoms with van der Waals surface area (Å²) >= 11 is 0. The molecular formula is C23H18N2O4. The topological polar surface area (TPSA) is 74.4 Å². The number of pyridine rings is 1. The molecule has 0 spiro atoms. The maximum Gasteiger partial charge on any atom is 0.269 e. The van der Waals surface area contributed by atoms with Crippen molar-refractivity contribution in [1.82, 2.24) is 4.57 Å². The first kappa shape index (κ1) is 18.4. The van der Waals surface area contributed by atoms with Crippen LogP contribution in [-0.2, 0) is 6.54 Å². The summed E-state index contributed by atoms with van der Waals surface area (Å²) in [6.45, 7) is 0.301. The van der Waals surface area contributed by atoms with Gasteiger partial charge in [-0.1, -0.05) is 42.5 Å². The second-order valence-electron chi connectivity index (χ2n) is 6.66. The van der Waals surface area contributed by atoms with Crippen LogP contribution in [0.1, 0.15) is 5.56 Å². The van der Waals surface area contributed by atoms with Crippen LogP contribution in [0.25, 0.3) is 22.0 Å². The van der Waals surface area contributed by atoms with Crippen LogP contribution in [0.2, 0.25) is 0 Å². The molecule has 0 bridgehead atoms. The van der Waals surface area contributed by atoms with E-state index in [1.807, 2.05) is 48.5 Å². The number of hydrogen-bond donors (Lipinski definition) is 0. The van der Waals surface area contributed by atoms with Crippen LogP contribution in [0.15, 0.2) is 83.7 Å². The first-order chi connectivity index (χ1) is 14.1. The summed E-state index contributed by atoms with van der Waals surface area (Å²) < 4.78 is 7.02. The first-order valence-electron chi connectivity index (χ1n) is 9.07. The van der Waals surface area contributed by atoms with Gasteiger partial charge in [-0.05, 0) is 28.8 Å². The van der Waals surface area contributed by atoms with E-state index in [1.165, 1.54) is 12.1 Å². The lowest BCUT2D eigenvalue weighted by molar-refractivity contribution is -0.384. The van der Waals surface area contributed by atoms with Crippen molar-refractivity contribution >= 4 is 16.6 Å². The number of benzene rings is 3. The molecule has 0 aliphatic heterocycles. The lowest BCUT2D eigenvalue weighted by Gasteiger charge is -2.15. The predicted octanol–water partition coefficient (Wildman–Crippen LogP) is 4.63. The van der Waals surface area contributed by atoms with Crippen molar-refractivity contribution in [2.45, 2.75) is 6.54 Å². The molecule has 0 unspecified atom stereocenters. The molecule has 4 aromatic rings. The number of non-ortho nitro benzene ring substituents is 1. The van der Waals surface area contributed by atoms with E-state index in [2.05, 4.69) is 0 Å². The zero-order valence-corrected chi connectivity index (χ0v) is 15.7. The number of rotatable bonds is 5. The highest BCUT2D eigenvalue weighted by Gasteiger charge is 2.13. The van der Waals surface area contributed by atoms with Crippen LogP contribution >= 0.6 is 0 Å². The summed E-state index contributed by atoms with van der Waals surface area (Å²) in [5.74, 6) is 0.652. The molecule has 6 heteroatoms. The number of aromatic nitrogens is 1. The highest BCUT2D eigenvalue weighted by Crippen LogP contribution is 2.30. The average molecular weight is 386 g/mol. The van der Waals surface area contributed by atoms with Crippen LogP contribution in [0, 0.1) is 10.1 Å². The first-order valence-corrected chi connectivity index (χ1v) is 9.07. The number of ether oxygens (including phenoxy) is 1. The minimum absolute atomic E-state index is 0.0204. The van der Waals surface area contributed by atoms with Gasteiger partial charge < -0.3 is 9.30 Å². The third-order valence-electron chi connectivity index (χ3n) is 4.89. The molecule has 0 aliphatic carbocycles. The average Bonchev–Trinajstić information content (AvgIpc) is 2.76. The number of hydrogen-bond acceptors (Lipinski definition) is 4. The molecule has 0 saturated heterocycles. The van der Waals surface area contributed by atoms with Crippen molar-refractivity contribution < 1.29 is 9.66 Å². The number of nitro benzene ring substituents is 1. The predicted molar refractivity (Wildman–Crippen MR) is 112 cm³/mol. The third-order valence-corrected chi connectivity index (χ3v) is 4.89. The SMILES string of the molecule is COc1ccc2c(-c3ccccc3)cc(=O)n(Cc3ccc([N+](=O)[O-])cc3)c2c1. The Morgan fingerprint density at radius 2 is 1.69 bits per heavy atom. The summed E-state index contributed by atoms with van der Waals surface area (Å²) in [7, 11) is 1.58. The Kier molecular flexibility index (Phi) is 4.83. The number of nitrogens with zero attached hydrogens (tertiary/aromatic N) is 2. The maximum atomic E-state index is 13.0. The molecule has 29 heavy (non-hydrogen) atoms. The normalized spacial score (nSPS) is 10.8. The summed E-state index contributed by atoms with van der Waals surface area (Å²) in [4.78, 5) is 23.5. The maximum absolute atomic E-state index is 13.0. The quantitative estimate of drug-likeness (QED) is 0.370. The third kappa shape index (κ3) is 3.60.